The van der Waals surface area contributed by atoms with Crippen molar-refractivity contribution in [1.82, 2.24) is 74.0 Å². The quantitative estimate of drug-likeness (QED) is 0.0116. The SMILES string of the molecule is CC[C@H](C)[C@H](NC(=O)[C@H](CO)NC(=O)[C@@H](NC(=O)[C@H](CCCN=C(N)N)NC(=O)[C@H](CCC(N)=O)NC(=O)[C@@H](N)CCCCN)[C@@H](C)O)C(=O)N[C@@H](CCCN=C(N)N)C(=O)N[C@@H](C)C(=O)N[C@H](C(=O)N[C@@H](CCC(=O)O)C(=O)NCC(=O)N[C@@H](CS)C(=O)N[C@@H](CC(C)C)C(=O)N1CCC[C@H]1C(=O)N[C@@H](CO)C(=O)O)[C@@H](C)O. The van der Waals surface area contributed by atoms with Gasteiger partial charge in [-0.05, 0) is 110 Å². The lowest BCUT2D eigenvalue weighted by Crippen LogP contribution is -2.63. The highest BCUT2D eigenvalue weighted by Crippen LogP contribution is 2.22. The van der Waals surface area contributed by atoms with E-state index in [-0.39, 0.29) is 101 Å². The molecule has 0 radical (unpaired) electrons. The molecule has 1 fully saturated rings. The Morgan fingerprint density at radius 3 is 1.42 bits per heavy atom. The van der Waals surface area contributed by atoms with Crippen LogP contribution in [0.2, 0.25) is 0 Å². The number of thiol groups is 1. The number of aliphatic hydroxyl groups is 4. The van der Waals surface area contributed by atoms with Crippen LogP contribution in [0.4, 0.5) is 0 Å². The maximum absolute atomic E-state index is 14.4. The Hall–Kier alpha value is -10.4. The van der Waals surface area contributed by atoms with E-state index >= 15 is 0 Å². The van der Waals surface area contributed by atoms with Crippen molar-refractivity contribution in [3.63, 3.8) is 0 Å². The first-order valence-electron chi connectivity index (χ1n) is 37.2. The zero-order chi connectivity index (χ0) is 86.8. The van der Waals surface area contributed by atoms with Gasteiger partial charge in [-0.1, -0.05) is 40.5 Å². The van der Waals surface area contributed by atoms with Crippen molar-refractivity contribution in [2.45, 2.75) is 242 Å². The molecule has 17 atom stereocenters. The van der Waals surface area contributed by atoms with Crippen molar-refractivity contribution in [1.29, 1.82) is 0 Å². The number of carbonyl (C=O) groups excluding carboxylic acids is 15. The summed E-state index contributed by atoms with van der Waals surface area (Å²) in [5.41, 5.74) is 38.8. The molecule has 0 aromatic carbocycles. The summed E-state index contributed by atoms with van der Waals surface area (Å²) >= 11 is 4.16. The molecular formula is C67H119N23O23S. The summed E-state index contributed by atoms with van der Waals surface area (Å²) in [4.78, 5) is 237. The van der Waals surface area contributed by atoms with E-state index < -0.39 is 242 Å². The second-order valence-corrected chi connectivity index (χ2v) is 28.1. The minimum Gasteiger partial charge on any atom is -0.481 e. The van der Waals surface area contributed by atoms with Crippen molar-refractivity contribution in [2.75, 3.05) is 51.7 Å². The predicted molar refractivity (Wildman–Crippen MR) is 411 cm³/mol. The normalized spacial score (nSPS) is 16.7. The summed E-state index contributed by atoms with van der Waals surface area (Å²) in [6, 6.07) is -22.1. The van der Waals surface area contributed by atoms with Crippen LogP contribution in [-0.2, 0) is 81.5 Å². The molecule has 1 aliphatic rings. The highest BCUT2D eigenvalue weighted by Gasteiger charge is 2.42. The Kier molecular flexibility index (Phi) is 47.1. The number of aliphatic hydroxyl groups excluding tert-OH is 4. The molecule has 1 rings (SSSR count). The number of carboxylic acid groups (broad SMARTS) is 2. The van der Waals surface area contributed by atoms with E-state index in [9.17, 15) is 112 Å². The number of rotatable bonds is 55. The largest absolute Gasteiger partial charge is 0.481 e. The van der Waals surface area contributed by atoms with Gasteiger partial charge in [-0.25, -0.2) is 4.79 Å². The number of primary amides is 1. The zero-order valence-electron chi connectivity index (χ0n) is 65.1. The number of aliphatic carboxylic acids is 2. The van der Waals surface area contributed by atoms with Crippen LogP contribution >= 0.6 is 12.6 Å². The maximum Gasteiger partial charge on any atom is 0.328 e. The van der Waals surface area contributed by atoms with Gasteiger partial charge in [0.05, 0.1) is 38.0 Å². The second-order valence-electron chi connectivity index (χ2n) is 27.8. The molecule has 114 heavy (non-hydrogen) atoms. The molecular weight excluding hydrogens is 1530 g/mol. The predicted octanol–water partition coefficient (Wildman–Crippen LogP) is -11.5. The van der Waals surface area contributed by atoms with Crippen LogP contribution in [0.5, 0.6) is 0 Å². The molecule has 0 aliphatic carbocycles. The van der Waals surface area contributed by atoms with E-state index in [1.807, 2.05) is 0 Å². The summed E-state index contributed by atoms with van der Waals surface area (Å²) < 4.78 is 0. The Labute approximate surface area is 664 Å². The molecule has 0 aromatic heterocycles. The number of likely N-dealkylation sites (tertiary alicyclic amines) is 1. The molecule has 646 valence electrons. The van der Waals surface area contributed by atoms with Gasteiger partial charge in [-0.15, -0.1) is 0 Å². The van der Waals surface area contributed by atoms with Gasteiger partial charge in [0.25, 0.3) is 0 Å². The topological polar surface area (TPSA) is 778 Å². The first-order valence-corrected chi connectivity index (χ1v) is 37.8. The fraction of sp³-hybridized carbons (Fsp3) is 0.716. The van der Waals surface area contributed by atoms with Crippen molar-refractivity contribution < 1.29 is 112 Å². The number of aliphatic imine (C=N–C) groups is 2. The number of nitrogens with zero attached hydrogens (tertiary/aromatic N) is 3. The summed E-state index contributed by atoms with van der Waals surface area (Å²) in [5.74, 6) is -20.5. The molecule has 0 spiro atoms. The number of nitrogens with two attached hydrogens (primary N) is 7. The summed E-state index contributed by atoms with van der Waals surface area (Å²) in [6.07, 6.45) is -4.37. The standard InChI is InChI=1S/C67H119N23O23S/c1-8-32(4)49(87-58(105)42(28-91)85-63(110)51(35(7)94)89-57(104)38(16-12-24-76-67(73)74)81-56(103)40(18-20-46(70)95)80-53(100)36(69)14-9-10-22-68)61(108)82-37(15-11-23-75-66(71)72)55(102)78-33(5)52(99)88-50(34(6)93)62(109)83-39(19-21-48(97)98)54(101)77-27-47(96)79-44(30-114)59(106)84-41(26-31(2)3)64(111)90-25-13-17-45(90)60(107)86-43(29-92)65(112)113/h31-45,49-51,91-94,114H,8-30,68-69H2,1-7H3,(H2,70,95)(H,77,101)(H,78,102)(H,79,96)(H,80,100)(H,81,103)(H,82,108)(H,83,109)(H,84,106)(H,85,110)(H,86,107)(H,87,105)(H,88,99)(H,89,104)(H,97,98)(H,112,113)(H4,71,72,75)(H4,73,74,76)/t32-,33-,34+,35+,36-,37-,38-,39-,40-,41-,42-,43-,44-,45-,49-,50-,51-/m0/s1. The third-order valence-electron chi connectivity index (χ3n) is 17.8. The number of nitrogens with one attached hydrogen (secondary N) is 13. The van der Waals surface area contributed by atoms with Crippen LogP contribution < -0.4 is 109 Å². The molecule has 46 nitrogen and oxygen atoms in total. The Morgan fingerprint density at radius 1 is 0.491 bits per heavy atom. The first kappa shape index (κ1) is 102. The number of carboxylic acids is 2. The highest BCUT2D eigenvalue weighted by molar-refractivity contribution is 7.80. The van der Waals surface area contributed by atoms with Crippen LogP contribution in [0.15, 0.2) is 9.98 Å². The lowest BCUT2D eigenvalue weighted by atomic mass is 9.97. The molecule has 0 unspecified atom stereocenters. The summed E-state index contributed by atoms with van der Waals surface area (Å²) in [7, 11) is 0. The van der Waals surface area contributed by atoms with Crippen LogP contribution in [0.25, 0.3) is 0 Å². The molecule has 0 bridgehead atoms. The Morgan fingerprint density at radius 2 is 0.939 bits per heavy atom. The molecule has 1 heterocycles. The van der Waals surface area contributed by atoms with E-state index in [0.717, 1.165) is 20.8 Å². The number of carbonyl (C=O) groups is 17. The number of unbranched alkanes of at least 4 members (excludes halogenated alkanes) is 1. The van der Waals surface area contributed by atoms with E-state index in [4.69, 9.17) is 40.1 Å². The van der Waals surface area contributed by atoms with Gasteiger partial charge in [-0.3, -0.25) is 86.7 Å². The molecule has 33 N–H and O–H groups in total. The average molecular weight is 1650 g/mol. The van der Waals surface area contributed by atoms with Gasteiger partial charge in [0.15, 0.2) is 11.9 Å². The number of hydrogen-bond acceptors (Lipinski definition) is 26. The smallest absolute Gasteiger partial charge is 0.328 e. The van der Waals surface area contributed by atoms with Gasteiger partial charge < -0.3 is 145 Å². The molecule has 0 saturated carbocycles. The second kappa shape index (κ2) is 52.9. The zero-order valence-corrected chi connectivity index (χ0v) is 66.0. The van der Waals surface area contributed by atoms with Gasteiger partial charge in [0, 0.05) is 38.2 Å². The van der Waals surface area contributed by atoms with Crippen LogP contribution in [0.1, 0.15) is 145 Å². The first-order chi connectivity index (χ1) is 53.5. The van der Waals surface area contributed by atoms with Crippen molar-refractivity contribution >= 4 is 125 Å². The monoisotopic (exact) mass is 1650 g/mol. The maximum atomic E-state index is 14.4. The van der Waals surface area contributed by atoms with E-state index in [1.165, 1.54) is 11.8 Å². The van der Waals surface area contributed by atoms with Crippen LogP contribution in [0.3, 0.4) is 0 Å². The minimum atomic E-state index is -1.96. The number of amides is 15. The third kappa shape index (κ3) is 37.5. The third-order valence-corrected chi connectivity index (χ3v) is 18.1. The Balaban J connectivity index is 3.42. The van der Waals surface area contributed by atoms with Crippen molar-refractivity contribution in [2.24, 2.45) is 62.0 Å². The van der Waals surface area contributed by atoms with E-state index in [2.05, 4.69) is 91.7 Å². The average Bonchev–Trinajstić information content (AvgIpc) is 1.65. The van der Waals surface area contributed by atoms with Gasteiger partial charge in [-0.2, -0.15) is 12.6 Å². The van der Waals surface area contributed by atoms with Crippen molar-refractivity contribution in [3.8, 4) is 0 Å². The lowest BCUT2D eigenvalue weighted by molar-refractivity contribution is -0.146. The Bertz CT molecular complexity index is 3330. The highest BCUT2D eigenvalue weighted by atomic mass is 32.1. The molecule has 1 saturated heterocycles. The molecule has 0 aromatic rings. The molecule has 1 aliphatic heterocycles. The fourth-order valence-corrected chi connectivity index (χ4v) is 11.4. The molecule has 15 amide bonds. The number of guanidine groups is 2. The van der Waals surface area contributed by atoms with Crippen LogP contribution in [0, 0.1) is 11.8 Å². The van der Waals surface area contributed by atoms with Gasteiger partial charge in [0.1, 0.15) is 78.5 Å². The number of hydrogen-bond donors (Lipinski definition) is 27. The van der Waals surface area contributed by atoms with Crippen LogP contribution in [-0.4, -0.2) is 296 Å². The van der Waals surface area contributed by atoms with Crippen molar-refractivity contribution in [3.05, 3.63) is 0 Å². The fourth-order valence-electron chi connectivity index (χ4n) is 11.1. The minimum absolute atomic E-state index is 0.00825. The van der Waals surface area contributed by atoms with Gasteiger partial charge in [0.2, 0.25) is 88.6 Å². The molecule has 47 heteroatoms. The van der Waals surface area contributed by atoms with Gasteiger partial charge >= 0.3 is 11.9 Å². The van der Waals surface area contributed by atoms with E-state index in [1.54, 1.807) is 20.8 Å². The van der Waals surface area contributed by atoms with E-state index in [0.29, 0.717) is 25.8 Å². The lowest BCUT2D eigenvalue weighted by Gasteiger charge is -2.30. The summed E-state index contributed by atoms with van der Waals surface area (Å²) in [5, 5.41) is 91.0. The summed E-state index contributed by atoms with van der Waals surface area (Å²) in [6.45, 7) is 7.04.